The van der Waals surface area contributed by atoms with E-state index in [9.17, 15) is 0 Å². The molecular formula is C5H5BrN. The van der Waals surface area contributed by atoms with Crippen LogP contribution in [0.5, 0.6) is 0 Å². The van der Waals surface area contributed by atoms with E-state index in [1.165, 1.54) is 5.69 Å². The summed E-state index contributed by atoms with van der Waals surface area (Å²) in [6.45, 7) is 2.01. The first-order valence-electron chi connectivity index (χ1n) is 2.03. The molecule has 0 N–H and O–H groups in total. The van der Waals surface area contributed by atoms with Gasteiger partial charge in [-0.25, -0.2) is 0 Å². The summed E-state index contributed by atoms with van der Waals surface area (Å²) in [6.07, 6.45) is 2.90. The molecule has 2 heteroatoms. The van der Waals surface area contributed by atoms with Gasteiger partial charge in [0, 0.05) is 5.69 Å². The molecule has 37 valence electrons. The Morgan fingerprint density at radius 2 is 2.57 bits per heavy atom. The summed E-state index contributed by atoms with van der Waals surface area (Å²) in [7, 11) is 0. The lowest BCUT2D eigenvalue weighted by Crippen LogP contribution is -1.75. The molecular weight excluding hydrogens is 154 g/mol. The van der Waals surface area contributed by atoms with Crippen LogP contribution in [0.4, 0.5) is 0 Å². The van der Waals surface area contributed by atoms with Gasteiger partial charge >= 0.3 is 0 Å². The molecule has 0 saturated heterocycles. The summed E-state index contributed by atoms with van der Waals surface area (Å²) >= 11 is 3.23. The molecule has 0 fully saturated rings. The van der Waals surface area contributed by atoms with Crippen LogP contribution in [0.15, 0.2) is 12.1 Å². The van der Waals surface area contributed by atoms with Crippen molar-refractivity contribution in [2.45, 2.75) is 6.92 Å². The van der Waals surface area contributed by atoms with Crippen LogP contribution in [-0.2, 0) is 0 Å². The fourth-order valence-electron chi connectivity index (χ4n) is 0.391. The van der Waals surface area contributed by atoms with Crippen LogP contribution in [0.25, 0.3) is 0 Å². The Hall–Kier alpha value is -0.240. The Bertz CT molecular complexity index is 140. The molecule has 0 saturated carbocycles. The van der Waals surface area contributed by atoms with Crippen LogP contribution in [0.1, 0.15) is 5.69 Å². The first-order chi connectivity index (χ1) is 3.30. The van der Waals surface area contributed by atoms with E-state index in [4.69, 9.17) is 0 Å². The van der Waals surface area contributed by atoms with Crippen molar-refractivity contribution in [3.05, 3.63) is 24.0 Å². The highest BCUT2D eigenvalue weighted by Crippen LogP contribution is 2.00. The Morgan fingerprint density at radius 1 is 1.86 bits per heavy atom. The predicted molar refractivity (Wildman–Crippen MR) is 32.3 cm³/mol. The molecule has 0 unspecified atom stereocenters. The summed E-state index contributed by atoms with van der Waals surface area (Å²) in [5.74, 6) is 0. The van der Waals surface area contributed by atoms with Gasteiger partial charge in [0.1, 0.15) is 0 Å². The van der Waals surface area contributed by atoms with E-state index in [2.05, 4.69) is 22.3 Å². The highest BCUT2D eigenvalue weighted by Gasteiger charge is 1.85. The second-order valence-electron chi connectivity index (χ2n) is 1.38. The average Bonchev–Trinajstić information content (AvgIpc) is 1.91. The topological polar surface area (TPSA) is 4.93 Å². The minimum atomic E-state index is 1.17. The molecule has 1 nitrogen and oxygen atoms in total. The standard InChI is InChI=1S/C5H5BrN/c1-5-3-2-4-7(5)6/h2-3H,1H3. The van der Waals surface area contributed by atoms with Gasteiger partial charge in [0.2, 0.25) is 0 Å². The van der Waals surface area contributed by atoms with Crippen LogP contribution < -0.4 is 0 Å². The summed E-state index contributed by atoms with van der Waals surface area (Å²) in [5.41, 5.74) is 1.17. The Labute approximate surface area is 51.3 Å². The lowest BCUT2D eigenvalue weighted by atomic mass is 10.5. The van der Waals surface area contributed by atoms with E-state index in [0.717, 1.165) is 0 Å². The highest BCUT2D eigenvalue weighted by molar-refractivity contribution is 9.08. The molecule has 0 amide bonds. The Morgan fingerprint density at radius 3 is 2.71 bits per heavy atom. The predicted octanol–water partition coefficient (Wildman–Crippen LogP) is 1.75. The SMILES string of the molecule is Cc1cc[c]n1Br. The summed E-state index contributed by atoms with van der Waals surface area (Å²) in [4.78, 5) is 0. The number of halogens is 1. The third-order valence-electron chi connectivity index (χ3n) is 0.822. The van der Waals surface area contributed by atoms with Gasteiger partial charge in [0.15, 0.2) is 0 Å². The molecule has 7 heavy (non-hydrogen) atoms. The molecule has 1 heterocycles. The van der Waals surface area contributed by atoms with E-state index in [1.807, 2.05) is 19.1 Å². The van der Waals surface area contributed by atoms with Crippen molar-refractivity contribution >= 4 is 16.1 Å². The lowest BCUT2D eigenvalue weighted by molar-refractivity contribution is 1.19. The van der Waals surface area contributed by atoms with Crippen LogP contribution in [0.2, 0.25) is 0 Å². The molecule has 0 aromatic carbocycles. The van der Waals surface area contributed by atoms with Crippen LogP contribution in [0.3, 0.4) is 0 Å². The first kappa shape index (κ1) is 4.91. The molecule has 1 rings (SSSR count). The number of rotatable bonds is 0. The summed E-state index contributed by atoms with van der Waals surface area (Å²) in [6, 6.07) is 3.85. The molecule has 0 spiro atoms. The van der Waals surface area contributed by atoms with Gasteiger partial charge in [-0.3, -0.25) is 3.59 Å². The van der Waals surface area contributed by atoms with Crippen LogP contribution in [-0.4, -0.2) is 3.59 Å². The van der Waals surface area contributed by atoms with Gasteiger partial charge in [-0.15, -0.1) is 0 Å². The Balaban J connectivity index is 3.12. The van der Waals surface area contributed by atoms with Gasteiger partial charge in [-0.1, -0.05) is 0 Å². The normalized spacial score (nSPS) is 9.43. The maximum atomic E-state index is 3.23. The van der Waals surface area contributed by atoms with Crippen molar-refractivity contribution in [3.63, 3.8) is 0 Å². The van der Waals surface area contributed by atoms with Crippen molar-refractivity contribution in [3.8, 4) is 0 Å². The maximum Gasteiger partial charge on any atom is 0.0767 e. The number of aryl methyl sites for hydroxylation is 1. The molecule has 0 aliphatic carbocycles. The van der Waals surface area contributed by atoms with Crippen LogP contribution in [0, 0.1) is 13.1 Å². The zero-order chi connectivity index (χ0) is 5.28. The minimum absolute atomic E-state index is 1.17. The monoisotopic (exact) mass is 158 g/mol. The number of hydrogen-bond donors (Lipinski definition) is 0. The van der Waals surface area contributed by atoms with E-state index in [0.29, 0.717) is 0 Å². The molecule has 0 bridgehead atoms. The van der Waals surface area contributed by atoms with E-state index >= 15 is 0 Å². The highest BCUT2D eigenvalue weighted by atomic mass is 79.9. The quantitative estimate of drug-likeness (QED) is 0.543. The second-order valence-corrected chi connectivity index (χ2v) is 2.09. The first-order valence-corrected chi connectivity index (χ1v) is 2.74. The third-order valence-corrected chi connectivity index (χ3v) is 1.59. The fraction of sp³-hybridized carbons (Fsp3) is 0.200. The maximum absolute atomic E-state index is 3.23. The van der Waals surface area contributed by atoms with Gasteiger partial charge in [-0.05, 0) is 19.1 Å². The van der Waals surface area contributed by atoms with E-state index in [1.54, 1.807) is 3.59 Å². The fourth-order valence-corrected chi connectivity index (χ4v) is 0.627. The molecule has 1 radical (unpaired) electrons. The van der Waals surface area contributed by atoms with Crippen molar-refractivity contribution in [1.29, 1.82) is 0 Å². The van der Waals surface area contributed by atoms with Crippen LogP contribution >= 0.6 is 16.1 Å². The van der Waals surface area contributed by atoms with Gasteiger partial charge in [-0.2, -0.15) is 0 Å². The average molecular weight is 159 g/mol. The van der Waals surface area contributed by atoms with Crippen molar-refractivity contribution < 1.29 is 0 Å². The lowest BCUT2D eigenvalue weighted by Gasteiger charge is -1.85. The van der Waals surface area contributed by atoms with Gasteiger partial charge in [0.05, 0.1) is 22.3 Å². The molecule has 0 aliphatic heterocycles. The molecule has 0 atom stereocenters. The zero-order valence-electron chi connectivity index (χ0n) is 3.98. The van der Waals surface area contributed by atoms with Crippen molar-refractivity contribution in [1.82, 2.24) is 3.59 Å². The number of hydrogen-bond acceptors (Lipinski definition) is 0. The smallest absolute Gasteiger partial charge is 0.0767 e. The van der Waals surface area contributed by atoms with Gasteiger partial charge < -0.3 is 0 Å². The van der Waals surface area contributed by atoms with Crippen molar-refractivity contribution in [2.75, 3.05) is 0 Å². The zero-order valence-corrected chi connectivity index (χ0v) is 5.57. The van der Waals surface area contributed by atoms with E-state index in [-0.39, 0.29) is 0 Å². The van der Waals surface area contributed by atoms with Gasteiger partial charge in [0.25, 0.3) is 0 Å². The largest absolute Gasteiger partial charge is 0.279 e. The van der Waals surface area contributed by atoms with Crippen molar-refractivity contribution in [2.24, 2.45) is 0 Å². The summed E-state index contributed by atoms with van der Waals surface area (Å²) in [5, 5.41) is 0. The molecule has 1 aromatic heterocycles. The molecule has 0 aliphatic rings. The Kier molecular flexibility index (Phi) is 1.19. The number of aromatic nitrogens is 1. The molecule has 1 aromatic rings. The number of nitrogens with zero attached hydrogens (tertiary/aromatic N) is 1. The van der Waals surface area contributed by atoms with E-state index < -0.39 is 0 Å². The summed E-state index contributed by atoms with van der Waals surface area (Å²) < 4.78 is 1.77. The third kappa shape index (κ3) is 0.855. The second kappa shape index (κ2) is 1.70. The minimum Gasteiger partial charge on any atom is -0.279 e.